The average molecular weight is 272 g/mol. The summed E-state index contributed by atoms with van der Waals surface area (Å²) in [7, 11) is 0. The van der Waals surface area contributed by atoms with Crippen molar-refractivity contribution in [1.82, 2.24) is 4.98 Å². The number of ether oxygens (including phenoxy) is 1. The molecule has 2 heterocycles. The molecule has 0 saturated carbocycles. The molecule has 15 heavy (non-hydrogen) atoms. The molecule has 1 N–H and O–H groups in total. The second kappa shape index (κ2) is 4.60. The third-order valence-corrected chi connectivity index (χ3v) is 3.60. The first-order chi connectivity index (χ1) is 7.18. The van der Waals surface area contributed by atoms with E-state index < -0.39 is 0 Å². The Kier molecular flexibility index (Phi) is 3.38. The summed E-state index contributed by atoms with van der Waals surface area (Å²) in [6, 6.07) is 0. The number of hydrogen-bond acceptors (Lipinski definition) is 3. The molecule has 0 amide bonds. The third kappa shape index (κ3) is 2.38. The molecule has 2 atom stereocenters. The van der Waals surface area contributed by atoms with Crippen LogP contribution in [0.3, 0.4) is 0 Å². The molecule has 0 radical (unpaired) electrons. The number of nitrogens with zero attached hydrogens (tertiary/aromatic N) is 1. The zero-order valence-corrected chi connectivity index (χ0v) is 10.2. The fourth-order valence-corrected chi connectivity index (χ4v) is 2.18. The van der Waals surface area contributed by atoms with Gasteiger partial charge in [-0.25, -0.2) is 0 Å². The van der Waals surface area contributed by atoms with Crippen molar-refractivity contribution in [3.63, 3.8) is 0 Å². The highest BCUT2D eigenvalue weighted by molar-refractivity contribution is 9.10. The minimum Gasteiger partial charge on any atom is -0.393 e. The van der Waals surface area contributed by atoms with E-state index in [1.54, 1.807) is 6.20 Å². The quantitative estimate of drug-likeness (QED) is 0.853. The molecule has 1 fully saturated rings. The summed E-state index contributed by atoms with van der Waals surface area (Å²) in [4.78, 5) is 4.14. The summed E-state index contributed by atoms with van der Waals surface area (Å²) >= 11 is 3.45. The van der Waals surface area contributed by atoms with Gasteiger partial charge in [0.15, 0.2) is 0 Å². The molecule has 82 valence electrons. The number of halogens is 1. The maximum absolute atomic E-state index is 9.59. The standard InChI is InChI=1S/C11H14BrNO2/c1-7-9(5-13-6-10(7)12)11-4-8(14)2-3-15-11/h5-6,8,11,14H,2-4H2,1H3. The SMILES string of the molecule is Cc1c(Br)cncc1C1CC(O)CCO1. The number of aliphatic hydroxyl groups excluding tert-OH is 1. The lowest BCUT2D eigenvalue weighted by molar-refractivity contribution is -0.0451. The van der Waals surface area contributed by atoms with Gasteiger partial charge in [0, 0.05) is 35.5 Å². The molecule has 1 saturated heterocycles. The molecule has 1 aliphatic rings. The van der Waals surface area contributed by atoms with Crippen LogP contribution in [0.2, 0.25) is 0 Å². The van der Waals surface area contributed by atoms with Crippen molar-refractivity contribution in [1.29, 1.82) is 0 Å². The Morgan fingerprint density at radius 1 is 1.53 bits per heavy atom. The Hall–Kier alpha value is -0.450. The smallest absolute Gasteiger partial charge is 0.0867 e. The molecule has 0 spiro atoms. The van der Waals surface area contributed by atoms with Crippen molar-refractivity contribution in [2.24, 2.45) is 0 Å². The van der Waals surface area contributed by atoms with E-state index in [9.17, 15) is 5.11 Å². The van der Waals surface area contributed by atoms with E-state index in [1.807, 2.05) is 13.1 Å². The normalized spacial score (nSPS) is 26.6. The molecule has 0 bridgehead atoms. The molecule has 1 aliphatic heterocycles. The van der Waals surface area contributed by atoms with Crippen LogP contribution in [0.5, 0.6) is 0 Å². The molecule has 1 aromatic heterocycles. The summed E-state index contributed by atoms with van der Waals surface area (Å²) in [6.07, 6.45) is 4.73. The molecule has 2 rings (SSSR count). The predicted molar refractivity (Wildman–Crippen MR) is 60.6 cm³/mol. The van der Waals surface area contributed by atoms with E-state index in [-0.39, 0.29) is 12.2 Å². The van der Waals surface area contributed by atoms with Crippen molar-refractivity contribution < 1.29 is 9.84 Å². The van der Waals surface area contributed by atoms with Crippen LogP contribution < -0.4 is 0 Å². The van der Waals surface area contributed by atoms with Crippen molar-refractivity contribution in [3.05, 3.63) is 28.0 Å². The highest BCUT2D eigenvalue weighted by Crippen LogP contribution is 2.31. The van der Waals surface area contributed by atoms with E-state index in [1.165, 1.54) is 0 Å². The Bertz CT molecular complexity index is 356. The van der Waals surface area contributed by atoms with E-state index in [2.05, 4.69) is 20.9 Å². The molecule has 0 aromatic carbocycles. The van der Waals surface area contributed by atoms with Gasteiger partial charge in [0.1, 0.15) is 0 Å². The number of hydrogen-bond donors (Lipinski definition) is 1. The first-order valence-corrected chi connectivity index (χ1v) is 5.87. The maximum Gasteiger partial charge on any atom is 0.0867 e. The van der Waals surface area contributed by atoms with Gasteiger partial charge in [-0.15, -0.1) is 0 Å². The third-order valence-electron chi connectivity index (χ3n) is 2.80. The van der Waals surface area contributed by atoms with Crippen molar-refractivity contribution >= 4 is 15.9 Å². The highest BCUT2D eigenvalue weighted by Gasteiger charge is 2.24. The van der Waals surface area contributed by atoms with Gasteiger partial charge in [0.05, 0.1) is 12.2 Å². The summed E-state index contributed by atoms with van der Waals surface area (Å²) in [5.41, 5.74) is 2.22. The number of aliphatic hydroxyl groups is 1. The van der Waals surface area contributed by atoms with Gasteiger partial charge in [-0.2, -0.15) is 0 Å². The molecule has 1 aromatic rings. The molecule has 4 heteroatoms. The number of aromatic nitrogens is 1. The number of pyridine rings is 1. The van der Waals surface area contributed by atoms with Crippen LogP contribution in [0.1, 0.15) is 30.1 Å². The van der Waals surface area contributed by atoms with Crippen molar-refractivity contribution in [2.75, 3.05) is 6.61 Å². The van der Waals surface area contributed by atoms with E-state index in [0.717, 1.165) is 22.0 Å². The topological polar surface area (TPSA) is 42.4 Å². The van der Waals surface area contributed by atoms with Gasteiger partial charge < -0.3 is 9.84 Å². The monoisotopic (exact) mass is 271 g/mol. The summed E-state index contributed by atoms with van der Waals surface area (Å²) < 4.78 is 6.64. The van der Waals surface area contributed by atoms with Gasteiger partial charge in [0.2, 0.25) is 0 Å². The lowest BCUT2D eigenvalue weighted by Gasteiger charge is -2.27. The predicted octanol–water partition coefficient (Wildman–Crippen LogP) is 2.36. The first-order valence-electron chi connectivity index (χ1n) is 5.08. The van der Waals surface area contributed by atoms with E-state index >= 15 is 0 Å². The Morgan fingerprint density at radius 2 is 2.33 bits per heavy atom. The van der Waals surface area contributed by atoms with Crippen LogP contribution in [-0.4, -0.2) is 22.8 Å². The minimum absolute atomic E-state index is 0.0150. The van der Waals surface area contributed by atoms with Crippen LogP contribution >= 0.6 is 15.9 Å². The largest absolute Gasteiger partial charge is 0.393 e. The zero-order chi connectivity index (χ0) is 10.8. The molecule has 0 aliphatic carbocycles. The Labute approximate surface area is 97.6 Å². The second-order valence-electron chi connectivity index (χ2n) is 3.87. The van der Waals surface area contributed by atoms with E-state index in [0.29, 0.717) is 13.0 Å². The van der Waals surface area contributed by atoms with Crippen LogP contribution in [0.15, 0.2) is 16.9 Å². The Morgan fingerprint density at radius 3 is 3.07 bits per heavy atom. The lowest BCUT2D eigenvalue weighted by atomic mass is 9.98. The summed E-state index contributed by atoms with van der Waals surface area (Å²) in [6.45, 7) is 2.66. The van der Waals surface area contributed by atoms with E-state index in [4.69, 9.17) is 4.74 Å². The molecular formula is C11H14BrNO2. The first kappa shape index (κ1) is 11.0. The van der Waals surface area contributed by atoms with Gasteiger partial charge in [-0.1, -0.05) is 0 Å². The van der Waals surface area contributed by atoms with Crippen LogP contribution in [0, 0.1) is 6.92 Å². The van der Waals surface area contributed by atoms with Crippen LogP contribution in [0.25, 0.3) is 0 Å². The van der Waals surface area contributed by atoms with Crippen LogP contribution in [-0.2, 0) is 4.74 Å². The van der Waals surface area contributed by atoms with Crippen molar-refractivity contribution in [3.8, 4) is 0 Å². The molecular weight excluding hydrogens is 258 g/mol. The summed E-state index contributed by atoms with van der Waals surface area (Å²) in [5, 5.41) is 9.59. The van der Waals surface area contributed by atoms with Crippen molar-refractivity contribution in [2.45, 2.75) is 32.0 Å². The second-order valence-corrected chi connectivity index (χ2v) is 4.73. The molecule has 2 unspecified atom stereocenters. The highest BCUT2D eigenvalue weighted by atomic mass is 79.9. The van der Waals surface area contributed by atoms with Gasteiger partial charge in [-0.05, 0) is 34.8 Å². The number of rotatable bonds is 1. The lowest BCUT2D eigenvalue weighted by Crippen LogP contribution is -2.24. The fraction of sp³-hybridized carbons (Fsp3) is 0.545. The average Bonchev–Trinajstić information content (AvgIpc) is 2.22. The Balaban J connectivity index is 2.24. The van der Waals surface area contributed by atoms with Gasteiger partial charge in [-0.3, -0.25) is 4.98 Å². The van der Waals surface area contributed by atoms with Gasteiger partial charge >= 0.3 is 0 Å². The maximum atomic E-state index is 9.59. The van der Waals surface area contributed by atoms with Crippen LogP contribution in [0.4, 0.5) is 0 Å². The molecule has 3 nitrogen and oxygen atoms in total. The summed E-state index contributed by atoms with van der Waals surface area (Å²) in [5.74, 6) is 0. The van der Waals surface area contributed by atoms with Gasteiger partial charge in [0.25, 0.3) is 0 Å². The minimum atomic E-state index is -0.248. The fourth-order valence-electron chi connectivity index (χ4n) is 1.84. The zero-order valence-electron chi connectivity index (χ0n) is 8.61.